The van der Waals surface area contributed by atoms with Gasteiger partial charge in [-0.25, -0.2) is 0 Å². The van der Waals surface area contributed by atoms with Gasteiger partial charge in [-0.05, 0) is 31.5 Å². The molecule has 18 heavy (non-hydrogen) atoms. The Bertz CT molecular complexity index is 367. The van der Waals surface area contributed by atoms with Crippen LogP contribution >= 0.6 is 15.9 Å². The van der Waals surface area contributed by atoms with Crippen molar-refractivity contribution in [1.29, 1.82) is 0 Å². The maximum absolute atomic E-state index is 6.23. The van der Waals surface area contributed by atoms with E-state index < -0.39 is 0 Å². The molecule has 1 unspecified atom stereocenters. The van der Waals surface area contributed by atoms with Crippen LogP contribution in [0.25, 0.3) is 0 Å². The second-order valence-electron chi connectivity index (χ2n) is 4.52. The predicted molar refractivity (Wildman–Crippen MR) is 75.7 cm³/mol. The van der Waals surface area contributed by atoms with E-state index in [1.54, 1.807) is 0 Å². The molecule has 1 heterocycles. The van der Waals surface area contributed by atoms with Crippen molar-refractivity contribution in [1.82, 2.24) is 5.32 Å². The first-order valence-corrected chi connectivity index (χ1v) is 7.23. The Balaban J connectivity index is 2.05. The molecule has 0 spiro atoms. The van der Waals surface area contributed by atoms with Gasteiger partial charge in [0.15, 0.2) is 0 Å². The van der Waals surface area contributed by atoms with Crippen molar-refractivity contribution in [2.24, 2.45) is 0 Å². The molecule has 1 aromatic rings. The molecule has 2 rings (SSSR count). The van der Waals surface area contributed by atoms with Crippen LogP contribution in [0.2, 0.25) is 0 Å². The fourth-order valence-electron chi connectivity index (χ4n) is 2.20. The van der Waals surface area contributed by atoms with E-state index in [0.29, 0.717) is 6.10 Å². The molecule has 0 radical (unpaired) electrons. The lowest BCUT2D eigenvalue weighted by atomic mass is 10.1. The molecule has 0 saturated carbocycles. The summed E-state index contributed by atoms with van der Waals surface area (Å²) in [4.78, 5) is 0. The third kappa shape index (κ3) is 3.79. The molecule has 1 aliphatic heterocycles. The van der Waals surface area contributed by atoms with Crippen LogP contribution in [-0.2, 0) is 9.47 Å². The van der Waals surface area contributed by atoms with Crippen LogP contribution in [0.3, 0.4) is 0 Å². The maximum Gasteiger partial charge on any atom is 0.0963 e. The summed E-state index contributed by atoms with van der Waals surface area (Å²) < 4.78 is 12.7. The number of nitrogens with one attached hydrogen (secondary N) is 1. The Hall–Kier alpha value is -0.420. The molecule has 1 saturated heterocycles. The lowest BCUT2D eigenvalue weighted by molar-refractivity contribution is -0.0686. The average molecular weight is 314 g/mol. The lowest BCUT2D eigenvalue weighted by Crippen LogP contribution is -2.29. The first-order chi connectivity index (χ1) is 8.81. The zero-order valence-electron chi connectivity index (χ0n) is 10.7. The van der Waals surface area contributed by atoms with E-state index in [0.717, 1.165) is 37.1 Å². The van der Waals surface area contributed by atoms with Crippen LogP contribution in [0.4, 0.5) is 0 Å². The molecule has 100 valence electrons. The summed E-state index contributed by atoms with van der Waals surface area (Å²) in [6, 6.07) is 8.26. The van der Waals surface area contributed by atoms with Crippen LogP contribution < -0.4 is 5.32 Å². The predicted octanol–water partition coefficient (Wildman–Crippen LogP) is 2.91. The van der Waals surface area contributed by atoms with Crippen LogP contribution in [0, 0.1) is 0 Å². The Morgan fingerprint density at radius 2 is 2.11 bits per heavy atom. The molecular weight excluding hydrogens is 294 g/mol. The lowest BCUT2D eigenvalue weighted by Gasteiger charge is -2.28. The molecule has 4 heteroatoms. The van der Waals surface area contributed by atoms with Gasteiger partial charge in [0.25, 0.3) is 0 Å². The number of ether oxygens (including phenoxy) is 2. The summed E-state index contributed by atoms with van der Waals surface area (Å²) in [6.07, 6.45) is 2.38. The number of hydrogen-bond acceptors (Lipinski definition) is 3. The second-order valence-corrected chi connectivity index (χ2v) is 5.37. The van der Waals surface area contributed by atoms with Crippen LogP contribution in [0.1, 0.15) is 24.5 Å². The maximum atomic E-state index is 6.23. The zero-order chi connectivity index (χ0) is 12.8. The molecule has 1 N–H and O–H groups in total. The first-order valence-electron chi connectivity index (χ1n) is 6.43. The van der Waals surface area contributed by atoms with Gasteiger partial charge in [0, 0.05) is 24.2 Å². The molecule has 0 aliphatic carbocycles. The van der Waals surface area contributed by atoms with Crippen molar-refractivity contribution < 1.29 is 9.47 Å². The highest BCUT2D eigenvalue weighted by molar-refractivity contribution is 9.10. The normalized spacial score (nSPS) is 18.8. The first kappa shape index (κ1) is 14.0. The van der Waals surface area contributed by atoms with Gasteiger partial charge < -0.3 is 14.8 Å². The van der Waals surface area contributed by atoms with Gasteiger partial charge in [-0.1, -0.05) is 34.1 Å². The van der Waals surface area contributed by atoms with Crippen molar-refractivity contribution in [3.8, 4) is 0 Å². The van der Waals surface area contributed by atoms with Crippen molar-refractivity contribution >= 4 is 15.9 Å². The summed E-state index contributed by atoms with van der Waals surface area (Å²) in [6.45, 7) is 2.44. The molecule has 1 fully saturated rings. The number of benzene rings is 1. The van der Waals surface area contributed by atoms with Crippen molar-refractivity contribution in [3.63, 3.8) is 0 Å². The third-order valence-electron chi connectivity index (χ3n) is 3.17. The Morgan fingerprint density at radius 3 is 2.78 bits per heavy atom. The standard InChI is InChI=1S/C14H20BrNO2/c1-16-10-14(12-4-2-3-5-13(12)15)18-11-6-8-17-9-7-11/h2-5,11,14,16H,6-10H2,1H3. The largest absolute Gasteiger partial charge is 0.381 e. The van der Waals surface area contributed by atoms with Gasteiger partial charge in [0.05, 0.1) is 12.2 Å². The minimum Gasteiger partial charge on any atom is -0.381 e. The van der Waals surface area contributed by atoms with Gasteiger partial charge >= 0.3 is 0 Å². The van der Waals surface area contributed by atoms with Crippen molar-refractivity contribution in [2.45, 2.75) is 25.0 Å². The molecule has 1 aromatic carbocycles. The van der Waals surface area contributed by atoms with E-state index in [4.69, 9.17) is 9.47 Å². The molecular formula is C14H20BrNO2. The van der Waals surface area contributed by atoms with Gasteiger partial charge in [-0.15, -0.1) is 0 Å². The quantitative estimate of drug-likeness (QED) is 0.906. The number of rotatable bonds is 5. The summed E-state index contributed by atoms with van der Waals surface area (Å²) in [7, 11) is 1.96. The van der Waals surface area contributed by atoms with E-state index in [2.05, 4.69) is 39.4 Å². The SMILES string of the molecule is CNCC(OC1CCOCC1)c1ccccc1Br. The summed E-state index contributed by atoms with van der Waals surface area (Å²) in [5, 5.41) is 3.21. The highest BCUT2D eigenvalue weighted by atomic mass is 79.9. The van der Waals surface area contributed by atoms with E-state index in [-0.39, 0.29) is 6.10 Å². The van der Waals surface area contributed by atoms with E-state index in [1.807, 2.05) is 13.1 Å². The van der Waals surface area contributed by atoms with Crippen molar-refractivity contribution in [3.05, 3.63) is 34.3 Å². The molecule has 0 bridgehead atoms. The average Bonchev–Trinajstić information content (AvgIpc) is 2.40. The summed E-state index contributed by atoms with van der Waals surface area (Å²) >= 11 is 3.60. The monoisotopic (exact) mass is 313 g/mol. The van der Waals surface area contributed by atoms with Gasteiger partial charge in [0.1, 0.15) is 0 Å². The van der Waals surface area contributed by atoms with E-state index in [9.17, 15) is 0 Å². The van der Waals surface area contributed by atoms with Gasteiger partial charge in [-0.2, -0.15) is 0 Å². The second kappa shape index (κ2) is 7.24. The fourth-order valence-corrected chi connectivity index (χ4v) is 2.74. The topological polar surface area (TPSA) is 30.5 Å². The van der Waals surface area contributed by atoms with Gasteiger partial charge in [0.2, 0.25) is 0 Å². The minimum atomic E-state index is 0.0914. The smallest absolute Gasteiger partial charge is 0.0963 e. The Kier molecular flexibility index (Phi) is 5.63. The zero-order valence-corrected chi connectivity index (χ0v) is 12.3. The van der Waals surface area contributed by atoms with Crippen LogP contribution in [0.5, 0.6) is 0 Å². The van der Waals surface area contributed by atoms with E-state index >= 15 is 0 Å². The summed E-state index contributed by atoms with van der Waals surface area (Å²) in [5.74, 6) is 0. The fraction of sp³-hybridized carbons (Fsp3) is 0.571. The Morgan fingerprint density at radius 1 is 1.39 bits per heavy atom. The Labute approximate surface area is 117 Å². The van der Waals surface area contributed by atoms with E-state index in [1.165, 1.54) is 5.56 Å². The minimum absolute atomic E-state index is 0.0914. The third-order valence-corrected chi connectivity index (χ3v) is 3.89. The molecule has 1 aliphatic rings. The van der Waals surface area contributed by atoms with Crippen LogP contribution in [-0.4, -0.2) is 32.9 Å². The molecule has 3 nitrogen and oxygen atoms in total. The highest BCUT2D eigenvalue weighted by Crippen LogP contribution is 2.28. The molecule has 1 atom stereocenters. The summed E-state index contributed by atoms with van der Waals surface area (Å²) in [5.41, 5.74) is 1.21. The molecule has 0 aromatic heterocycles. The molecule has 0 amide bonds. The number of hydrogen-bond donors (Lipinski definition) is 1. The van der Waals surface area contributed by atoms with Gasteiger partial charge in [-0.3, -0.25) is 0 Å². The number of likely N-dealkylation sites (N-methyl/N-ethyl adjacent to an activating group) is 1. The highest BCUT2D eigenvalue weighted by Gasteiger charge is 2.21. The van der Waals surface area contributed by atoms with Crippen LogP contribution in [0.15, 0.2) is 28.7 Å². The van der Waals surface area contributed by atoms with Crippen molar-refractivity contribution in [2.75, 3.05) is 26.8 Å². The number of halogens is 1.